The number of hydrogen-bond acceptors (Lipinski definition) is 4. The Kier molecular flexibility index (Phi) is 4.14. The predicted molar refractivity (Wildman–Crippen MR) is 70.3 cm³/mol. The molecule has 1 saturated heterocycles. The SMILES string of the molecule is CC[C@H]1CN(C(=O)c2ccc(C(C)=O)s2)CCO1. The minimum Gasteiger partial charge on any atom is -0.375 e. The molecule has 2 rings (SSSR count). The van der Waals surface area contributed by atoms with Gasteiger partial charge in [-0.25, -0.2) is 0 Å². The van der Waals surface area contributed by atoms with Crippen molar-refractivity contribution in [2.24, 2.45) is 0 Å². The number of carbonyl (C=O) groups is 2. The molecular weight excluding hydrogens is 250 g/mol. The van der Waals surface area contributed by atoms with Gasteiger partial charge in [0.05, 0.1) is 22.5 Å². The van der Waals surface area contributed by atoms with E-state index in [1.54, 1.807) is 12.1 Å². The van der Waals surface area contributed by atoms with Gasteiger partial charge in [-0.3, -0.25) is 9.59 Å². The lowest BCUT2D eigenvalue weighted by Crippen LogP contribution is -2.45. The first kappa shape index (κ1) is 13.2. The van der Waals surface area contributed by atoms with Crippen LogP contribution in [-0.2, 0) is 4.74 Å². The van der Waals surface area contributed by atoms with Gasteiger partial charge >= 0.3 is 0 Å². The second kappa shape index (κ2) is 5.63. The number of morpholine rings is 1. The summed E-state index contributed by atoms with van der Waals surface area (Å²) in [6, 6.07) is 3.46. The lowest BCUT2D eigenvalue weighted by atomic mass is 10.2. The van der Waals surface area contributed by atoms with Gasteiger partial charge in [0.1, 0.15) is 0 Å². The van der Waals surface area contributed by atoms with Crippen LogP contribution in [0.2, 0.25) is 0 Å². The smallest absolute Gasteiger partial charge is 0.264 e. The average molecular weight is 267 g/mol. The Hall–Kier alpha value is -1.20. The summed E-state index contributed by atoms with van der Waals surface area (Å²) in [6.07, 6.45) is 1.04. The van der Waals surface area contributed by atoms with Crippen molar-refractivity contribution in [1.29, 1.82) is 0 Å². The van der Waals surface area contributed by atoms with E-state index in [0.717, 1.165) is 6.42 Å². The molecule has 0 saturated carbocycles. The van der Waals surface area contributed by atoms with Crippen LogP contribution >= 0.6 is 11.3 Å². The summed E-state index contributed by atoms with van der Waals surface area (Å²) in [5.74, 6) is 0.0155. The van der Waals surface area contributed by atoms with E-state index in [9.17, 15) is 9.59 Å². The largest absolute Gasteiger partial charge is 0.375 e. The summed E-state index contributed by atoms with van der Waals surface area (Å²) in [5, 5.41) is 0. The molecule has 2 heterocycles. The molecule has 0 bridgehead atoms. The van der Waals surface area contributed by atoms with Crippen molar-refractivity contribution in [3.05, 3.63) is 21.9 Å². The molecule has 0 unspecified atom stereocenters. The van der Waals surface area contributed by atoms with Crippen LogP contribution in [0.1, 0.15) is 39.6 Å². The van der Waals surface area contributed by atoms with Crippen molar-refractivity contribution in [2.45, 2.75) is 26.4 Å². The second-order valence-electron chi connectivity index (χ2n) is 4.37. The first-order chi connectivity index (χ1) is 8.61. The van der Waals surface area contributed by atoms with E-state index in [0.29, 0.717) is 29.5 Å². The van der Waals surface area contributed by atoms with Crippen LogP contribution in [0.5, 0.6) is 0 Å². The highest BCUT2D eigenvalue weighted by Crippen LogP contribution is 2.20. The molecule has 98 valence electrons. The zero-order valence-electron chi connectivity index (χ0n) is 10.6. The van der Waals surface area contributed by atoms with Gasteiger partial charge in [0, 0.05) is 13.1 Å². The van der Waals surface area contributed by atoms with E-state index in [1.807, 2.05) is 4.90 Å². The Morgan fingerprint density at radius 1 is 1.44 bits per heavy atom. The Balaban J connectivity index is 2.07. The molecule has 1 fully saturated rings. The maximum Gasteiger partial charge on any atom is 0.264 e. The Bertz CT molecular complexity index is 455. The normalized spacial score (nSPS) is 19.9. The molecule has 1 aromatic heterocycles. The topological polar surface area (TPSA) is 46.6 Å². The number of thiophene rings is 1. The lowest BCUT2D eigenvalue weighted by molar-refractivity contribution is -0.0224. The molecule has 1 aliphatic rings. The van der Waals surface area contributed by atoms with E-state index in [-0.39, 0.29) is 17.8 Å². The first-order valence-corrected chi connectivity index (χ1v) is 6.95. The molecule has 1 atom stereocenters. The number of rotatable bonds is 3. The molecule has 1 aliphatic heterocycles. The molecule has 0 aromatic carbocycles. The maximum absolute atomic E-state index is 12.3. The number of ketones is 1. The molecule has 4 nitrogen and oxygen atoms in total. The lowest BCUT2D eigenvalue weighted by Gasteiger charge is -2.32. The van der Waals surface area contributed by atoms with Gasteiger partial charge in [-0.05, 0) is 25.5 Å². The molecule has 1 aromatic rings. The van der Waals surface area contributed by atoms with Crippen molar-refractivity contribution in [2.75, 3.05) is 19.7 Å². The van der Waals surface area contributed by atoms with Crippen LogP contribution in [0.4, 0.5) is 0 Å². The summed E-state index contributed by atoms with van der Waals surface area (Å²) in [5.41, 5.74) is 0. The minimum atomic E-state index is 0.00691. The van der Waals surface area contributed by atoms with Crippen molar-refractivity contribution < 1.29 is 14.3 Å². The minimum absolute atomic E-state index is 0.00691. The second-order valence-corrected chi connectivity index (χ2v) is 5.46. The monoisotopic (exact) mass is 267 g/mol. The number of nitrogens with zero attached hydrogens (tertiary/aromatic N) is 1. The van der Waals surface area contributed by atoms with Crippen molar-refractivity contribution in [1.82, 2.24) is 4.90 Å². The zero-order valence-corrected chi connectivity index (χ0v) is 11.5. The van der Waals surface area contributed by atoms with Crippen LogP contribution in [0.25, 0.3) is 0 Å². The van der Waals surface area contributed by atoms with Crippen LogP contribution in [0, 0.1) is 0 Å². The third-order valence-electron chi connectivity index (χ3n) is 3.05. The van der Waals surface area contributed by atoms with Gasteiger partial charge in [0.25, 0.3) is 5.91 Å². The quantitative estimate of drug-likeness (QED) is 0.789. The van der Waals surface area contributed by atoms with Gasteiger partial charge < -0.3 is 9.64 Å². The van der Waals surface area contributed by atoms with Gasteiger partial charge in [-0.2, -0.15) is 0 Å². The fourth-order valence-electron chi connectivity index (χ4n) is 1.95. The number of amides is 1. The van der Waals surface area contributed by atoms with Crippen molar-refractivity contribution in [3.8, 4) is 0 Å². The Morgan fingerprint density at radius 2 is 2.17 bits per heavy atom. The molecule has 0 spiro atoms. The molecule has 5 heteroatoms. The van der Waals surface area contributed by atoms with Crippen LogP contribution in [0.3, 0.4) is 0 Å². The molecule has 0 aliphatic carbocycles. The molecule has 18 heavy (non-hydrogen) atoms. The van der Waals surface area contributed by atoms with Gasteiger partial charge in [-0.15, -0.1) is 11.3 Å². The van der Waals surface area contributed by atoms with E-state index in [4.69, 9.17) is 4.74 Å². The summed E-state index contributed by atoms with van der Waals surface area (Å²) < 4.78 is 5.54. The summed E-state index contributed by atoms with van der Waals surface area (Å²) in [6.45, 7) is 5.43. The number of ether oxygens (including phenoxy) is 1. The van der Waals surface area contributed by atoms with Crippen LogP contribution in [-0.4, -0.2) is 42.4 Å². The van der Waals surface area contributed by atoms with Crippen LogP contribution in [0.15, 0.2) is 12.1 Å². The van der Waals surface area contributed by atoms with Crippen molar-refractivity contribution >= 4 is 23.0 Å². The molecular formula is C13H17NO3S. The third kappa shape index (κ3) is 2.79. The van der Waals surface area contributed by atoms with Gasteiger partial charge in [-0.1, -0.05) is 6.92 Å². The van der Waals surface area contributed by atoms with Gasteiger partial charge in [0.15, 0.2) is 5.78 Å². The predicted octanol–water partition coefficient (Wildman–Crippen LogP) is 2.20. The fourth-order valence-corrected chi connectivity index (χ4v) is 2.82. The van der Waals surface area contributed by atoms with E-state index >= 15 is 0 Å². The third-order valence-corrected chi connectivity index (χ3v) is 4.22. The fraction of sp³-hybridized carbons (Fsp3) is 0.538. The number of Topliss-reactive ketones (excluding diaryl/α,β-unsaturated/α-hetero) is 1. The Morgan fingerprint density at radius 3 is 2.78 bits per heavy atom. The van der Waals surface area contributed by atoms with Crippen molar-refractivity contribution in [3.63, 3.8) is 0 Å². The molecule has 0 N–H and O–H groups in total. The highest BCUT2D eigenvalue weighted by atomic mass is 32.1. The molecule has 1 amide bonds. The summed E-state index contributed by atoms with van der Waals surface area (Å²) in [4.78, 5) is 26.6. The number of hydrogen-bond donors (Lipinski definition) is 0. The zero-order chi connectivity index (χ0) is 13.1. The highest BCUT2D eigenvalue weighted by molar-refractivity contribution is 7.15. The summed E-state index contributed by atoms with van der Waals surface area (Å²) >= 11 is 1.27. The van der Waals surface area contributed by atoms with Gasteiger partial charge in [0.2, 0.25) is 0 Å². The number of carbonyl (C=O) groups excluding carboxylic acids is 2. The summed E-state index contributed by atoms with van der Waals surface area (Å²) in [7, 11) is 0. The van der Waals surface area contributed by atoms with Crippen LogP contribution < -0.4 is 0 Å². The van der Waals surface area contributed by atoms with E-state index in [2.05, 4.69) is 6.92 Å². The van der Waals surface area contributed by atoms with E-state index in [1.165, 1.54) is 18.3 Å². The maximum atomic E-state index is 12.3. The standard InChI is InChI=1S/C13H17NO3S/c1-3-10-8-14(6-7-17-10)13(16)12-5-4-11(18-12)9(2)15/h4-5,10H,3,6-8H2,1-2H3/t10-/m0/s1. The first-order valence-electron chi connectivity index (χ1n) is 6.13. The Labute approximate surface area is 111 Å². The average Bonchev–Trinajstić information content (AvgIpc) is 2.87. The van der Waals surface area contributed by atoms with E-state index < -0.39 is 0 Å². The highest BCUT2D eigenvalue weighted by Gasteiger charge is 2.25. The molecule has 0 radical (unpaired) electrons.